The van der Waals surface area contributed by atoms with Gasteiger partial charge in [-0.15, -0.1) is 0 Å². The minimum absolute atomic E-state index is 0.0280. The van der Waals surface area contributed by atoms with Gasteiger partial charge in [0.15, 0.2) is 17.3 Å². The molecule has 5 aromatic rings. The second-order valence-corrected chi connectivity index (χ2v) is 18.7. The number of carbonyl (C=O) groups excluding carboxylic acids is 4. The fourth-order valence-corrected chi connectivity index (χ4v) is 8.78. The van der Waals surface area contributed by atoms with Crippen LogP contribution < -0.4 is 20.4 Å². The Hall–Kier alpha value is -6.45. The number of carbonyl (C=O) groups is 4. The molecule has 2 aliphatic heterocycles. The van der Waals surface area contributed by atoms with Crippen LogP contribution in [-0.2, 0) is 37.0 Å². The van der Waals surface area contributed by atoms with Gasteiger partial charge in [-0.25, -0.2) is 4.98 Å². The fourth-order valence-electron chi connectivity index (χ4n) is 8.05. The molecule has 0 spiro atoms. The topological polar surface area (TPSA) is 199 Å². The zero-order chi connectivity index (χ0) is 47.3. The monoisotopic (exact) mass is 933 g/mol. The molecule has 3 atom stereocenters. The van der Waals surface area contributed by atoms with Crippen LogP contribution in [0.1, 0.15) is 65.0 Å². The van der Waals surface area contributed by atoms with Gasteiger partial charge in [0.1, 0.15) is 30.3 Å². The van der Waals surface area contributed by atoms with E-state index in [4.69, 9.17) is 33.0 Å². The van der Waals surface area contributed by atoms with Crippen molar-refractivity contribution in [3.8, 4) is 28.5 Å². The molecule has 0 aliphatic carbocycles. The summed E-state index contributed by atoms with van der Waals surface area (Å²) in [5.74, 6) is -0.893. The summed E-state index contributed by atoms with van der Waals surface area (Å²) >= 11 is 12.1. The highest BCUT2D eigenvalue weighted by Crippen LogP contribution is 2.38. The number of aliphatic hydroxyl groups excluding tert-OH is 1. The summed E-state index contributed by atoms with van der Waals surface area (Å²) in [7, 11) is 0. The van der Waals surface area contributed by atoms with Crippen LogP contribution in [0.15, 0.2) is 96.1 Å². The van der Waals surface area contributed by atoms with E-state index >= 15 is 0 Å². The molecule has 2 aromatic heterocycles. The van der Waals surface area contributed by atoms with E-state index in [2.05, 4.69) is 20.7 Å². The molecule has 16 nitrogen and oxygen atoms in total. The van der Waals surface area contributed by atoms with Crippen molar-refractivity contribution in [1.29, 1.82) is 5.26 Å². The van der Waals surface area contributed by atoms with Crippen LogP contribution >= 0.6 is 23.8 Å². The van der Waals surface area contributed by atoms with Crippen molar-refractivity contribution in [2.45, 2.75) is 90.7 Å². The molecule has 2 saturated heterocycles. The molecule has 3 aromatic carbocycles. The Balaban J connectivity index is 0.856. The predicted molar refractivity (Wildman–Crippen MR) is 252 cm³/mol. The van der Waals surface area contributed by atoms with Crippen LogP contribution in [0.3, 0.4) is 0 Å². The number of aliphatic hydroxyl groups is 1. The number of aryl methyl sites for hydroxylation is 1. The van der Waals surface area contributed by atoms with Crippen molar-refractivity contribution in [2.24, 2.45) is 5.41 Å². The molecule has 4 heterocycles. The molecule has 2 aliphatic rings. The van der Waals surface area contributed by atoms with E-state index in [-0.39, 0.29) is 37.0 Å². The Morgan fingerprint density at radius 3 is 2.41 bits per heavy atom. The maximum atomic E-state index is 14.0. The molecule has 0 saturated carbocycles. The second kappa shape index (κ2) is 20.0. The molecule has 18 heteroatoms. The van der Waals surface area contributed by atoms with Gasteiger partial charge in [-0.2, -0.15) is 10.4 Å². The van der Waals surface area contributed by atoms with Crippen LogP contribution in [0, 0.1) is 16.7 Å². The minimum atomic E-state index is -0.981. The number of benzene rings is 3. The molecule has 0 unspecified atom stereocenters. The first-order chi connectivity index (χ1) is 31.5. The lowest BCUT2D eigenvalue weighted by Crippen LogP contribution is -2.58. The molecule has 0 radical (unpaired) electrons. The number of thiocarbonyl (C=S) groups is 1. The number of β-amino-alcohol motifs (C(OH)–C–C–N with tert-alkyl or cyclic N) is 1. The smallest absolute Gasteiger partial charge is 0.259 e. The van der Waals surface area contributed by atoms with E-state index in [0.717, 1.165) is 34.4 Å². The van der Waals surface area contributed by atoms with Gasteiger partial charge in [-0.05, 0) is 85.8 Å². The summed E-state index contributed by atoms with van der Waals surface area (Å²) < 4.78 is 12.9. The van der Waals surface area contributed by atoms with E-state index in [1.165, 1.54) is 16.2 Å². The summed E-state index contributed by atoms with van der Waals surface area (Å²) in [5, 5.41) is 30.6. The Kier molecular flexibility index (Phi) is 14.4. The molecule has 66 heavy (non-hydrogen) atoms. The van der Waals surface area contributed by atoms with Crippen molar-refractivity contribution in [3.05, 3.63) is 108 Å². The predicted octanol–water partition coefficient (Wildman–Crippen LogP) is 6.25. The van der Waals surface area contributed by atoms with E-state index < -0.39 is 46.9 Å². The maximum absolute atomic E-state index is 14.0. The molecule has 7 rings (SSSR count). The molecule has 4 amide bonds. The van der Waals surface area contributed by atoms with Crippen LogP contribution in [0.4, 0.5) is 11.4 Å². The van der Waals surface area contributed by atoms with Crippen molar-refractivity contribution >= 4 is 63.9 Å². The zero-order valence-electron chi connectivity index (χ0n) is 37.4. The van der Waals surface area contributed by atoms with Crippen LogP contribution in [0.25, 0.3) is 22.5 Å². The zero-order valence-corrected chi connectivity index (χ0v) is 38.9. The Bertz CT molecular complexity index is 2620. The Morgan fingerprint density at radius 2 is 1.74 bits per heavy atom. The number of likely N-dealkylation sites (tertiary alicyclic amines) is 1. The number of nitrogens with zero attached hydrogens (tertiary/aromatic N) is 7. The molecule has 2 fully saturated rings. The van der Waals surface area contributed by atoms with E-state index in [9.17, 15) is 29.5 Å². The molecular formula is C48H52ClN9O7S. The number of ether oxygens (including phenoxy) is 1. The highest BCUT2D eigenvalue weighted by molar-refractivity contribution is 7.81. The number of rotatable bonds is 16. The number of halogens is 1. The van der Waals surface area contributed by atoms with Crippen molar-refractivity contribution in [2.75, 3.05) is 29.6 Å². The number of oxazole rings is 1. The average Bonchev–Trinajstić information content (AvgIpc) is 4.10. The standard InChI is InChI=1S/C48H52ClN9O7S/c1-47(2,3)42(44(62)56-27-37(59)21-39(56)43(61)52-23-30-8-10-32(11-9-30)40-25-51-29-65-40)54-41(60)28-64-19-7-6-18-55-26-34(24-53-55)31-12-15-35(16-13-31)58-46(66)57(45(63)48(58,4)5)36-17-14-33(22-50)38(49)20-36/h8-17,20,24-26,29,37,39,42,59H,6-7,18-19,21,23,27-28H2,1-5H3,(H,52,61)(H,54,60)/t37-,39+,42-/m1/s1. The highest BCUT2D eigenvalue weighted by Gasteiger charge is 2.50. The Morgan fingerprint density at radius 1 is 1.03 bits per heavy atom. The van der Waals surface area contributed by atoms with Gasteiger partial charge >= 0.3 is 0 Å². The van der Waals surface area contributed by atoms with Gasteiger partial charge in [-0.3, -0.25) is 28.8 Å². The fraction of sp³-hybridized carbons (Fsp3) is 0.375. The lowest BCUT2D eigenvalue weighted by atomic mass is 9.85. The summed E-state index contributed by atoms with van der Waals surface area (Å²) in [6.45, 7) is 9.98. The van der Waals surface area contributed by atoms with Gasteiger partial charge in [0.25, 0.3) is 5.91 Å². The van der Waals surface area contributed by atoms with Crippen LogP contribution in [0.5, 0.6) is 0 Å². The lowest BCUT2D eigenvalue weighted by Gasteiger charge is -2.35. The van der Waals surface area contributed by atoms with Crippen LogP contribution in [0.2, 0.25) is 5.02 Å². The molecule has 3 N–H and O–H groups in total. The quantitative estimate of drug-likeness (QED) is 0.0744. The van der Waals surface area contributed by atoms with E-state index in [0.29, 0.717) is 41.7 Å². The van der Waals surface area contributed by atoms with E-state index in [1.54, 1.807) is 30.6 Å². The molecule has 344 valence electrons. The molecular weight excluding hydrogens is 882 g/mol. The summed E-state index contributed by atoms with van der Waals surface area (Å²) in [5.41, 5.74) is 3.38. The number of amides is 4. The van der Waals surface area contributed by atoms with E-state index in [1.807, 2.05) is 105 Å². The number of hydrogen-bond donors (Lipinski definition) is 3. The third-order valence-corrected chi connectivity index (χ3v) is 12.3. The van der Waals surface area contributed by atoms with Crippen molar-refractivity contribution < 1.29 is 33.4 Å². The van der Waals surface area contributed by atoms with Gasteiger partial charge < -0.3 is 34.7 Å². The average molecular weight is 935 g/mol. The lowest BCUT2D eigenvalue weighted by molar-refractivity contribution is -0.144. The molecule has 0 bridgehead atoms. The minimum Gasteiger partial charge on any atom is -0.444 e. The number of nitriles is 1. The highest BCUT2D eigenvalue weighted by atomic mass is 35.5. The van der Waals surface area contributed by atoms with Crippen molar-refractivity contribution in [1.82, 2.24) is 30.3 Å². The third-order valence-electron chi connectivity index (χ3n) is 11.7. The summed E-state index contributed by atoms with van der Waals surface area (Å²) in [6.07, 6.45) is 7.29. The second-order valence-electron chi connectivity index (χ2n) is 17.9. The normalized spacial score (nSPS) is 17.5. The third kappa shape index (κ3) is 10.5. The summed E-state index contributed by atoms with van der Waals surface area (Å²) in [6, 6.07) is 20.1. The SMILES string of the molecule is CC(C)(C)[C@H](NC(=O)COCCCCn1cc(-c2ccc(N3C(=S)N(c4ccc(C#N)c(Cl)c4)C(=O)C3(C)C)cc2)cn1)C(=O)N1C[C@H](O)C[C@H]1C(=O)NCc1ccc(-c2cnco2)cc1. The van der Waals surface area contributed by atoms with Gasteiger partial charge in [-0.1, -0.05) is 68.8 Å². The number of aromatic nitrogens is 3. The largest absolute Gasteiger partial charge is 0.444 e. The van der Waals surface area contributed by atoms with Crippen LogP contribution in [-0.4, -0.2) is 97.0 Å². The first kappa shape index (κ1) is 47.5. The number of nitrogens with one attached hydrogen (secondary N) is 2. The van der Waals surface area contributed by atoms with Gasteiger partial charge in [0, 0.05) is 55.7 Å². The first-order valence-electron chi connectivity index (χ1n) is 21.6. The van der Waals surface area contributed by atoms with Gasteiger partial charge in [0.05, 0.1) is 34.8 Å². The first-order valence-corrected chi connectivity index (χ1v) is 22.4. The number of anilines is 2. The van der Waals surface area contributed by atoms with Gasteiger partial charge in [0.2, 0.25) is 17.7 Å². The Labute approximate surface area is 393 Å². The summed E-state index contributed by atoms with van der Waals surface area (Å²) in [4.78, 5) is 62.6. The maximum Gasteiger partial charge on any atom is 0.259 e. The number of hydrogen-bond acceptors (Lipinski definition) is 11. The van der Waals surface area contributed by atoms with Crippen molar-refractivity contribution in [3.63, 3.8) is 0 Å². The number of unbranched alkanes of at least 4 members (excludes halogenated alkanes) is 1.